The van der Waals surface area contributed by atoms with Crippen LogP contribution in [0.15, 0.2) is 48.7 Å². The fourth-order valence-electron chi connectivity index (χ4n) is 9.16. The number of hydrogen-bond donors (Lipinski definition) is 2. The fourth-order valence-corrected chi connectivity index (χ4v) is 9.16. The number of fused-ring (bicyclic) bond motifs is 5. The molecular formula is C38H39F2N5O5. The number of halogens is 2. The number of piperazine rings is 1. The lowest BCUT2D eigenvalue weighted by Crippen LogP contribution is -2.73. The largest absolute Gasteiger partial charge is 0.444 e. The molecule has 0 bridgehead atoms. The molecule has 2 N–H and O–H groups in total. The lowest BCUT2D eigenvalue weighted by Gasteiger charge is -2.56. The van der Waals surface area contributed by atoms with Crippen LogP contribution >= 0.6 is 0 Å². The van der Waals surface area contributed by atoms with E-state index in [-0.39, 0.29) is 43.0 Å². The third-order valence-corrected chi connectivity index (χ3v) is 11.4. The van der Waals surface area contributed by atoms with E-state index in [0.29, 0.717) is 50.0 Å². The van der Waals surface area contributed by atoms with E-state index in [9.17, 15) is 23.6 Å². The molecule has 2 unspecified atom stereocenters. The van der Waals surface area contributed by atoms with Crippen molar-refractivity contribution in [3.8, 4) is 0 Å². The molecule has 50 heavy (non-hydrogen) atoms. The second-order valence-corrected chi connectivity index (χ2v) is 15.5. The Morgan fingerprint density at radius 3 is 2.50 bits per heavy atom. The van der Waals surface area contributed by atoms with Gasteiger partial charge in [-0.3, -0.25) is 19.3 Å². The van der Waals surface area contributed by atoms with Crippen LogP contribution in [0.3, 0.4) is 0 Å². The molecule has 12 heteroatoms. The van der Waals surface area contributed by atoms with Crippen LogP contribution in [0.5, 0.6) is 0 Å². The number of amides is 4. The van der Waals surface area contributed by atoms with Crippen molar-refractivity contribution in [1.82, 2.24) is 14.8 Å². The Kier molecular flexibility index (Phi) is 7.16. The molecule has 2 fully saturated rings. The lowest BCUT2D eigenvalue weighted by molar-refractivity contribution is -0.166. The number of aromatic nitrogens is 1. The van der Waals surface area contributed by atoms with Gasteiger partial charge in [0, 0.05) is 23.5 Å². The molecule has 2 aromatic carbocycles. The van der Waals surface area contributed by atoms with Crippen molar-refractivity contribution in [2.45, 2.75) is 94.2 Å². The zero-order valence-electron chi connectivity index (χ0n) is 28.3. The Bertz CT molecular complexity index is 1990. The standard InChI is InChI=1S/C38H39F2N5O5/c1-35(2,3)50-34(49)45-21-38(13-10-26-28(38)16-24(39)17-29(26)40)44(33(48)37(45)11-4-5-12-37)20-30(46)42-25-9-8-22-18-36(19-23(22)15-25)27-7-6-14-41-31(27)43-32(36)47/h6-9,14-17H,4-5,10-13,18-21H2,1-3H3,(H,42,46)(H,41,43,47). The summed E-state index contributed by atoms with van der Waals surface area (Å²) in [5.41, 5.74) is -0.372. The molecule has 2 atom stereocenters. The molecular weight excluding hydrogens is 644 g/mol. The number of rotatable bonds is 3. The molecule has 4 amide bonds. The van der Waals surface area contributed by atoms with E-state index < -0.39 is 51.6 Å². The van der Waals surface area contributed by atoms with Gasteiger partial charge in [-0.25, -0.2) is 18.6 Å². The first-order valence-corrected chi connectivity index (χ1v) is 17.2. The van der Waals surface area contributed by atoms with Crippen molar-refractivity contribution >= 4 is 35.3 Å². The summed E-state index contributed by atoms with van der Waals surface area (Å²) in [4.78, 5) is 63.1. The van der Waals surface area contributed by atoms with Gasteiger partial charge in [-0.1, -0.05) is 25.0 Å². The van der Waals surface area contributed by atoms with Crippen LogP contribution in [-0.4, -0.2) is 62.8 Å². The van der Waals surface area contributed by atoms with Crippen molar-refractivity contribution in [3.63, 3.8) is 0 Å². The number of anilines is 2. The highest BCUT2D eigenvalue weighted by Crippen LogP contribution is 2.52. The quantitative estimate of drug-likeness (QED) is 0.375. The highest BCUT2D eigenvalue weighted by atomic mass is 19.1. The van der Waals surface area contributed by atoms with E-state index >= 15 is 4.39 Å². The number of nitrogens with one attached hydrogen (secondary N) is 2. The predicted molar refractivity (Wildman–Crippen MR) is 179 cm³/mol. The summed E-state index contributed by atoms with van der Waals surface area (Å²) in [6.07, 6.45) is 4.54. The number of nitrogens with zero attached hydrogens (tertiary/aromatic N) is 3. The van der Waals surface area contributed by atoms with Gasteiger partial charge in [0.1, 0.15) is 35.1 Å². The number of benzene rings is 2. The van der Waals surface area contributed by atoms with Crippen molar-refractivity contribution in [2.24, 2.45) is 0 Å². The first kappa shape index (κ1) is 32.3. The summed E-state index contributed by atoms with van der Waals surface area (Å²) in [6, 6.07) is 11.3. The Morgan fingerprint density at radius 1 is 0.980 bits per heavy atom. The van der Waals surface area contributed by atoms with Gasteiger partial charge in [0.2, 0.25) is 17.7 Å². The fraction of sp³-hybridized carbons (Fsp3) is 0.447. The Labute approximate surface area is 288 Å². The van der Waals surface area contributed by atoms with Crippen LogP contribution in [0.25, 0.3) is 0 Å². The molecule has 3 heterocycles. The summed E-state index contributed by atoms with van der Waals surface area (Å²) < 4.78 is 35.9. The van der Waals surface area contributed by atoms with Crippen LogP contribution < -0.4 is 10.6 Å². The second kappa shape index (κ2) is 11.1. The number of carbonyl (C=O) groups is 4. The minimum atomic E-state index is -1.35. The normalized spacial score (nSPS) is 24.5. The molecule has 8 rings (SSSR count). The van der Waals surface area contributed by atoms with E-state index in [1.165, 1.54) is 15.9 Å². The van der Waals surface area contributed by atoms with Gasteiger partial charge in [0.25, 0.3) is 0 Å². The van der Waals surface area contributed by atoms with Gasteiger partial charge < -0.3 is 20.3 Å². The zero-order chi connectivity index (χ0) is 35.2. The summed E-state index contributed by atoms with van der Waals surface area (Å²) >= 11 is 0. The molecule has 2 aliphatic heterocycles. The predicted octanol–water partition coefficient (Wildman–Crippen LogP) is 5.52. The second-order valence-electron chi connectivity index (χ2n) is 15.5. The van der Waals surface area contributed by atoms with Crippen LogP contribution in [0.4, 0.5) is 25.1 Å². The number of ether oxygens (including phenoxy) is 1. The third kappa shape index (κ3) is 4.81. The zero-order valence-corrected chi connectivity index (χ0v) is 28.3. The minimum absolute atomic E-state index is 0.0594. The molecule has 0 radical (unpaired) electrons. The van der Waals surface area contributed by atoms with Crippen molar-refractivity contribution < 1.29 is 32.7 Å². The number of carbonyl (C=O) groups excluding carboxylic acids is 4. The molecule has 10 nitrogen and oxygen atoms in total. The average Bonchev–Trinajstić information content (AvgIpc) is 3.82. The van der Waals surface area contributed by atoms with Gasteiger partial charge >= 0.3 is 6.09 Å². The van der Waals surface area contributed by atoms with Gasteiger partial charge in [-0.15, -0.1) is 0 Å². The van der Waals surface area contributed by atoms with Crippen LogP contribution in [-0.2, 0) is 49.3 Å². The van der Waals surface area contributed by atoms with E-state index in [0.717, 1.165) is 22.8 Å². The van der Waals surface area contributed by atoms with E-state index in [4.69, 9.17) is 4.74 Å². The van der Waals surface area contributed by atoms with Gasteiger partial charge in [-0.2, -0.15) is 0 Å². The van der Waals surface area contributed by atoms with Crippen molar-refractivity contribution in [3.05, 3.63) is 88.1 Å². The summed E-state index contributed by atoms with van der Waals surface area (Å²) in [5, 5.41) is 5.85. The van der Waals surface area contributed by atoms with E-state index in [1.807, 2.05) is 24.3 Å². The molecule has 260 valence electrons. The van der Waals surface area contributed by atoms with Crippen molar-refractivity contribution in [2.75, 3.05) is 23.7 Å². The summed E-state index contributed by atoms with van der Waals surface area (Å²) in [6.45, 7) is 4.80. The molecule has 1 aromatic heterocycles. The van der Waals surface area contributed by atoms with Crippen molar-refractivity contribution in [1.29, 1.82) is 0 Å². The van der Waals surface area contributed by atoms with E-state index in [1.54, 1.807) is 33.0 Å². The topological polar surface area (TPSA) is 121 Å². The third-order valence-electron chi connectivity index (χ3n) is 11.4. The van der Waals surface area contributed by atoms with E-state index in [2.05, 4.69) is 15.6 Å². The van der Waals surface area contributed by atoms with Crippen LogP contribution in [0.1, 0.15) is 80.7 Å². The SMILES string of the molecule is CC(C)(C)OC(=O)N1CC2(CCc3c(F)cc(F)cc32)N(CC(=O)Nc2ccc3c(c2)CC2(C3)C(=O)Nc3ncccc32)C(=O)C12CCCC2. The molecule has 3 spiro atoms. The molecule has 5 aliphatic rings. The number of pyridine rings is 1. The van der Waals surface area contributed by atoms with Crippen LogP contribution in [0.2, 0.25) is 0 Å². The lowest BCUT2D eigenvalue weighted by atomic mass is 9.79. The molecule has 3 aromatic rings. The first-order chi connectivity index (χ1) is 23.7. The summed E-state index contributed by atoms with van der Waals surface area (Å²) in [5.74, 6) is -1.96. The average molecular weight is 684 g/mol. The Morgan fingerprint density at radius 2 is 1.74 bits per heavy atom. The Balaban J connectivity index is 1.11. The maximum atomic E-state index is 15.2. The maximum Gasteiger partial charge on any atom is 0.411 e. The van der Waals surface area contributed by atoms with Gasteiger partial charge in [0.05, 0.1) is 17.5 Å². The van der Waals surface area contributed by atoms with Gasteiger partial charge in [0.15, 0.2) is 0 Å². The van der Waals surface area contributed by atoms with Crippen LogP contribution in [0, 0.1) is 11.6 Å². The monoisotopic (exact) mass is 683 g/mol. The smallest absolute Gasteiger partial charge is 0.411 e. The number of hydrogen-bond acceptors (Lipinski definition) is 6. The Hall–Kier alpha value is -4.87. The highest BCUT2D eigenvalue weighted by molar-refractivity contribution is 6.06. The highest BCUT2D eigenvalue weighted by Gasteiger charge is 2.63. The first-order valence-electron chi connectivity index (χ1n) is 17.2. The molecule has 1 saturated carbocycles. The maximum absolute atomic E-state index is 15.2. The minimum Gasteiger partial charge on any atom is -0.444 e. The summed E-state index contributed by atoms with van der Waals surface area (Å²) in [7, 11) is 0. The molecule has 3 aliphatic carbocycles. The van der Waals surface area contributed by atoms with Gasteiger partial charge in [-0.05, 0) is 106 Å². The molecule has 1 saturated heterocycles.